The van der Waals surface area contributed by atoms with Gasteiger partial charge < -0.3 is 20.1 Å². The molecule has 1 atom stereocenters. The molecule has 0 aliphatic carbocycles. The number of halogens is 2. The van der Waals surface area contributed by atoms with Crippen LogP contribution in [0.2, 0.25) is 0 Å². The molecule has 29 heavy (non-hydrogen) atoms. The van der Waals surface area contributed by atoms with Crippen molar-refractivity contribution in [3.8, 4) is 0 Å². The molecule has 3 amide bonds. The summed E-state index contributed by atoms with van der Waals surface area (Å²) < 4.78 is 31.5. The van der Waals surface area contributed by atoms with Crippen molar-refractivity contribution < 1.29 is 22.9 Å². The van der Waals surface area contributed by atoms with Crippen molar-refractivity contribution in [1.82, 2.24) is 25.7 Å². The van der Waals surface area contributed by atoms with Gasteiger partial charge in [-0.1, -0.05) is 5.16 Å². The molecule has 10 heteroatoms. The van der Waals surface area contributed by atoms with Gasteiger partial charge >= 0.3 is 6.03 Å². The predicted octanol–water partition coefficient (Wildman–Crippen LogP) is 2.46. The molecular weight excluding hydrogens is 384 g/mol. The molecule has 1 aliphatic rings. The van der Waals surface area contributed by atoms with Gasteiger partial charge in [0, 0.05) is 38.5 Å². The lowest BCUT2D eigenvalue weighted by molar-refractivity contribution is -0.121. The molecule has 156 valence electrons. The van der Waals surface area contributed by atoms with Crippen LogP contribution in [0, 0.1) is 11.6 Å². The van der Waals surface area contributed by atoms with Gasteiger partial charge in [0.25, 0.3) is 0 Å². The van der Waals surface area contributed by atoms with E-state index in [1.165, 1.54) is 0 Å². The number of carbonyl (C=O) groups excluding carboxylic acids is 2. The Hall–Kier alpha value is -3.04. The highest BCUT2D eigenvalue weighted by Gasteiger charge is 2.33. The second kappa shape index (κ2) is 9.44. The molecule has 2 aromatic rings. The standard InChI is InChI=1S/C19H23F2N5O3/c1-2-22-19(28)26-7-3-4-15(26)18-24-17(29-25-18)6-5-16(27)23-11-12-8-13(20)10-14(21)9-12/h8-10,15H,2-7,11H2,1H3,(H,22,28)(H,23,27). The van der Waals surface area contributed by atoms with Crippen LogP contribution in [0.1, 0.15) is 49.5 Å². The van der Waals surface area contributed by atoms with Crippen LogP contribution in [0.25, 0.3) is 0 Å². The second-order valence-corrected chi connectivity index (χ2v) is 6.79. The molecule has 1 aromatic heterocycles. The minimum Gasteiger partial charge on any atom is -0.352 e. The summed E-state index contributed by atoms with van der Waals surface area (Å²) in [5.74, 6) is -0.962. The van der Waals surface area contributed by atoms with Gasteiger partial charge in [0.15, 0.2) is 5.82 Å². The van der Waals surface area contributed by atoms with Gasteiger partial charge in [-0.05, 0) is 37.5 Å². The Morgan fingerprint density at radius 1 is 1.24 bits per heavy atom. The van der Waals surface area contributed by atoms with E-state index in [0.29, 0.717) is 30.4 Å². The lowest BCUT2D eigenvalue weighted by Gasteiger charge is -2.22. The number of likely N-dealkylation sites (tertiary alicyclic amines) is 1. The van der Waals surface area contributed by atoms with E-state index in [1.807, 2.05) is 6.92 Å². The van der Waals surface area contributed by atoms with E-state index in [1.54, 1.807) is 4.90 Å². The molecule has 0 radical (unpaired) electrons. The Morgan fingerprint density at radius 3 is 2.72 bits per heavy atom. The first-order valence-electron chi connectivity index (χ1n) is 9.55. The summed E-state index contributed by atoms with van der Waals surface area (Å²) in [6.45, 7) is 3.04. The maximum atomic E-state index is 13.2. The number of carbonyl (C=O) groups is 2. The number of aryl methyl sites for hydroxylation is 1. The highest BCUT2D eigenvalue weighted by Crippen LogP contribution is 2.30. The van der Waals surface area contributed by atoms with E-state index < -0.39 is 11.6 Å². The van der Waals surface area contributed by atoms with E-state index in [4.69, 9.17) is 4.52 Å². The fraction of sp³-hybridized carbons (Fsp3) is 0.474. The molecule has 1 saturated heterocycles. The maximum Gasteiger partial charge on any atom is 0.318 e. The van der Waals surface area contributed by atoms with Crippen molar-refractivity contribution in [2.75, 3.05) is 13.1 Å². The van der Waals surface area contributed by atoms with Crippen LogP contribution in [0.5, 0.6) is 0 Å². The summed E-state index contributed by atoms with van der Waals surface area (Å²) in [6, 6.07) is 2.70. The number of hydrogen-bond donors (Lipinski definition) is 2. The Labute approximate surface area is 166 Å². The van der Waals surface area contributed by atoms with Gasteiger partial charge in [-0.15, -0.1) is 0 Å². The maximum absolute atomic E-state index is 13.2. The van der Waals surface area contributed by atoms with E-state index in [2.05, 4.69) is 20.8 Å². The molecule has 1 aromatic carbocycles. The van der Waals surface area contributed by atoms with E-state index in [-0.39, 0.29) is 37.4 Å². The van der Waals surface area contributed by atoms with Gasteiger partial charge in [-0.2, -0.15) is 4.98 Å². The number of urea groups is 1. The van der Waals surface area contributed by atoms with E-state index >= 15 is 0 Å². The molecule has 3 rings (SSSR count). The average Bonchev–Trinajstić information content (AvgIpc) is 3.33. The zero-order valence-corrected chi connectivity index (χ0v) is 16.1. The molecule has 2 heterocycles. The quantitative estimate of drug-likeness (QED) is 0.734. The molecular formula is C19H23F2N5O3. The number of aromatic nitrogens is 2. The van der Waals surface area contributed by atoms with Gasteiger partial charge in [0.05, 0.1) is 6.04 Å². The summed E-state index contributed by atoms with van der Waals surface area (Å²) in [5, 5.41) is 9.33. The molecule has 2 N–H and O–H groups in total. The summed E-state index contributed by atoms with van der Waals surface area (Å²) in [6.07, 6.45) is 1.92. The number of rotatable bonds is 7. The fourth-order valence-corrected chi connectivity index (χ4v) is 3.26. The normalized spacial score (nSPS) is 16.1. The first-order valence-corrected chi connectivity index (χ1v) is 9.55. The summed E-state index contributed by atoms with van der Waals surface area (Å²) in [5.41, 5.74) is 0.336. The Bertz CT molecular complexity index is 853. The molecule has 1 fully saturated rings. The third-order valence-electron chi connectivity index (χ3n) is 4.60. The van der Waals surface area contributed by atoms with Crippen LogP contribution in [0.3, 0.4) is 0 Å². The van der Waals surface area contributed by atoms with Gasteiger partial charge in [0.2, 0.25) is 11.8 Å². The monoisotopic (exact) mass is 407 g/mol. The van der Waals surface area contributed by atoms with Crippen LogP contribution in [0.15, 0.2) is 22.7 Å². The molecule has 0 bridgehead atoms. The Kier molecular flexibility index (Phi) is 6.73. The first kappa shape index (κ1) is 20.7. The summed E-state index contributed by atoms with van der Waals surface area (Å²) in [7, 11) is 0. The first-order chi connectivity index (χ1) is 14.0. The molecule has 1 unspecified atom stereocenters. The highest BCUT2D eigenvalue weighted by molar-refractivity contribution is 5.76. The van der Waals surface area contributed by atoms with Crippen LogP contribution in [0.4, 0.5) is 13.6 Å². The van der Waals surface area contributed by atoms with E-state index in [0.717, 1.165) is 31.0 Å². The third-order valence-corrected chi connectivity index (χ3v) is 4.60. The minimum absolute atomic E-state index is 0.0200. The fourth-order valence-electron chi connectivity index (χ4n) is 3.26. The topological polar surface area (TPSA) is 100 Å². The van der Waals surface area contributed by atoms with Crippen molar-refractivity contribution in [3.05, 3.63) is 47.1 Å². The van der Waals surface area contributed by atoms with Gasteiger partial charge in [-0.25, -0.2) is 13.6 Å². The largest absolute Gasteiger partial charge is 0.352 e. The van der Waals surface area contributed by atoms with Gasteiger partial charge in [-0.3, -0.25) is 4.79 Å². The van der Waals surface area contributed by atoms with Crippen molar-refractivity contribution in [1.29, 1.82) is 0 Å². The summed E-state index contributed by atoms with van der Waals surface area (Å²) in [4.78, 5) is 30.1. The third kappa shape index (κ3) is 5.49. The number of nitrogens with one attached hydrogen (secondary N) is 2. The van der Waals surface area contributed by atoms with Crippen LogP contribution in [-0.4, -0.2) is 40.1 Å². The number of hydrogen-bond acceptors (Lipinski definition) is 5. The van der Waals surface area contributed by atoms with Crippen molar-refractivity contribution in [2.24, 2.45) is 0 Å². The summed E-state index contributed by atoms with van der Waals surface area (Å²) >= 11 is 0. The molecule has 0 saturated carbocycles. The second-order valence-electron chi connectivity index (χ2n) is 6.79. The van der Waals surface area contributed by atoms with E-state index in [9.17, 15) is 18.4 Å². The molecule has 0 spiro atoms. The van der Waals surface area contributed by atoms with Crippen molar-refractivity contribution in [3.63, 3.8) is 0 Å². The predicted molar refractivity (Wildman–Crippen MR) is 98.6 cm³/mol. The molecule has 8 nitrogen and oxygen atoms in total. The SMILES string of the molecule is CCNC(=O)N1CCCC1c1noc(CCC(=O)NCc2cc(F)cc(F)c2)n1. The zero-order chi connectivity index (χ0) is 20.8. The average molecular weight is 407 g/mol. The van der Waals surface area contributed by atoms with Crippen molar-refractivity contribution >= 4 is 11.9 Å². The minimum atomic E-state index is -0.693. The van der Waals surface area contributed by atoms with Crippen LogP contribution in [-0.2, 0) is 17.8 Å². The highest BCUT2D eigenvalue weighted by atomic mass is 19.1. The van der Waals surface area contributed by atoms with Crippen molar-refractivity contribution in [2.45, 2.75) is 45.2 Å². The van der Waals surface area contributed by atoms with Gasteiger partial charge in [0.1, 0.15) is 11.6 Å². The Balaban J connectivity index is 1.49. The Morgan fingerprint density at radius 2 is 2.00 bits per heavy atom. The number of benzene rings is 1. The lowest BCUT2D eigenvalue weighted by Crippen LogP contribution is -2.39. The smallest absolute Gasteiger partial charge is 0.318 e. The van der Waals surface area contributed by atoms with Crippen LogP contribution >= 0.6 is 0 Å². The number of nitrogens with zero attached hydrogens (tertiary/aromatic N) is 3. The zero-order valence-electron chi connectivity index (χ0n) is 16.1. The van der Waals surface area contributed by atoms with Crippen LogP contribution < -0.4 is 10.6 Å². The number of amides is 3. The lowest BCUT2D eigenvalue weighted by atomic mass is 10.2. The molecule has 1 aliphatic heterocycles.